The minimum Gasteiger partial charge on any atom is -0.369 e. The van der Waals surface area contributed by atoms with Crippen LogP contribution in [0, 0.1) is 5.92 Å². The number of halogens is 1. The van der Waals surface area contributed by atoms with Crippen LogP contribution in [0.4, 0.5) is 5.82 Å². The molecule has 3 N–H and O–H groups in total. The number of hydrogen-bond acceptors (Lipinski definition) is 4. The normalized spacial score (nSPS) is 16.4. The van der Waals surface area contributed by atoms with Crippen LogP contribution < -0.4 is 16.0 Å². The molecule has 174 valence electrons. The Morgan fingerprint density at radius 1 is 1.45 bits per heavy atom. The minimum absolute atomic E-state index is 0. The molecule has 1 atom stereocenters. The summed E-state index contributed by atoms with van der Waals surface area (Å²) < 4.78 is 0. The zero-order chi connectivity index (χ0) is 21.8. The van der Waals surface area contributed by atoms with Gasteiger partial charge in [0.25, 0.3) is 0 Å². The van der Waals surface area contributed by atoms with Crippen molar-refractivity contribution >= 4 is 41.7 Å². The molecule has 1 aliphatic rings. The van der Waals surface area contributed by atoms with Gasteiger partial charge in [-0.15, -0.1) is 30.6 Å². The van der Waals surface area contributed by atoms with Crippen LogP contribution in [0.3, 0.4) is 0 Å². The number of guanidine groups is 1. The van der Waals surface area contributed by atoms with E-state index in [1.54, 1.807) is 6.20 Å². The van der Waals surface area contributed by atoms with Crippen LogP contribution in [-0.2, 0) is 11.3 Å². The van der Waals surface area contributed by atoms with Gasteiger partial charge in [0.1, 0.15) is 5.82 Å². The standard InChI is InChI=1S/C23H38N6O.HI/c1-4-6-7-8-9-15-28(3)23(25-5-2)27-17-19-12-10-14-26-22(19)29-16-11-13-20(18-29)21(24)30;/h4,10,12,14,20H,1,5-9,11,13,15-18H2,2-3H3,(H2,24,30)(H,25,27);1H. The molecule has 31 heavy (non-hydrogen) atoms. The van der Waals surface area contributed by atoms with Crippen molar-refractivity contribution in [3.8, 4) is 0 Å². The molecule has 0 bridgehead atoms. The molecular formula is C23H39IN6O. The number of amides is 1. The maximum absolute atomic E-state index is 11.7. The number of nitrogens with zero attached hydrogens (tertiary/aromatic N) is 4. The minimum atomic E-state index is -0.223. The lowest BCUT2D eigenvalue weighted by Crippen LogP contribution is -2.42. The van der Waals surface area contributed by atoms with E-state index < -0.39 is 0 Å². The highest BCUT2D eigenvalue weighted by molar-refractivity contribution is 14.0. The molecule has 1 aromatic heterocycles. The van der Waals surface area contributed by atoms with E-state index >= 15 is 0 Å². The third-order valence-corrected chi connectivity index (χ3v) is 5.49. The number of allylic oxidation sites excluding steroid dienone is 1. The van der Waals surface area contributed by atoms with Crippen molar-refractivity contribution in [2.45, 2.75) is 52.0 Å². The lowest BCUT2D eigenvalue weighted by atomic mass is 9.97. The SMILES string of the molecule is C=CCCCCCN(C)C(=NCc1cccnc1N1CCCC(C(N)=O)C1)NCC.I. The second-order valence-corrected chi connectivity index (χ2v) is 7.90. The summed E-state index contributed by atoms with van der Waals surface area (Å²) in [6.07, 6.45) is 10.2. The van der Waals surface area contributed by atoms with Crippen molar-refractivity contribution in [2.75, 3.05) is 38.1 Å². The summed E-state index contributed by atoms with van der Waals surface area (Å²) in [5.41, 5.74) is 6.62. The first-order chi connectivity index (χ1) is 14.6. The molecule has 0 aromatic carbocycles. The van der Waals surface area contributed by atoms with Crippen molar-refractivity contribution in [1.29, 1.82) is 0 Å². The predicted molar refractivity (Wildman–Crippen MR) is 140 cm³/mol. The number of nitrogens with one attached hydrogen (secondary N) is 1. The summed E-state index contributed by atoms with van der Waals surface area (Å²) in [6, 6.07) is 4.01. The largest absolute Gasteiger partial charge is 0.369 e. The summed E-state index contributed by atoms with van der Waals surface area (Å²) in [5.74, 6) is 1.49. The van der Waals surface area contributed by atoms with E-state index in [-0.39, 0.29) is 35.8 Å². The molecule has 1 saturated heterocycles. The van der Waals surface area contributed by atoms with E-state index in [1.165, 1.54) is 12.8 Å². The number of primary amides is 1. The van der Waals surface area contributed by atoms with Crippen molar-refractivity contribution in [2.24, 2.45) is 16.6 Å². The van der Waals surface area contributed by atoms with Gasteiger partial charge >= 0.3 is 0 Å². The van der Waals surface area contributed by atoms with Crippen LogP contribution in [0.2, 0.25) is 0 Å². The number of carbonyl (C=O) groups is 1. The molecule has 1 aliphatic heterocycles. The number of aromatic nitrogens is 1. The Kier molecular flexibility index (Phi) is 13.2. The summed E-state index contributed by atoms with van der Waals surface area (Å²) in [4.78, 5) is 25.5. The number of hydrogen-bond donors (Lipinski definition) is 2. The van der Waals surface area contributed by atoms with Gasteiger partial charge < -0.3 is 20.9 Å². The van der Waals surface area contributed by atoms with Gasteiger partial charge in [0.05, 0.1) is 12.5 Å². The average molecular weight is 543 g/mol. The number of nitrogens with two attached hydrogens (primary N) is 1. The van der Waals surface area contributed by atoms with Crippen molar-refractivity contribution in [3.63, 3.8) is 0 Å². The molecule has 2 heterocycles. The average Bonchev–Trinajstić information content (AvgIpc) is 2.76. The summed E-state index contributed by atoms with van der Waals surface area (Å²) in [6.45, 7) is 9.73. The van der Waals surface area contributed by atoms with E-state index in [4.69, 9.17) is 10.7 Å². The van der Waals surface area contributed by atoms with Crippen molar-refractivity contribution in [3.05, 3.63) is 36.5 Å². The van der Waals surface area contributed by atoms with Crippen LogP contribution in [0.15, 0.2) is 36.0 Å². The van der Waals surface area contributed by atoms with Crippen LogP contribution in [0.25, 0.3) is 0 Å². The van der Waals surface area contributed by atoms with Crippen LogP contribution in [0.1, 0.15) is 51.0 Å². The van der Waals surface area contributed by atoms with Gasteiger partial charge in [-0.2, -0.15) is 0 Å². The van der Waals surface area contributed by atoms with Gasteiger partial charge in [-0.3, -0.25) is 4.79 Å². The Morgan fingerprint density at radius 3 is 2.97 bits per heavy atom. The number of piperidine rings is 1. The monoisotopic (exact) mass is 542 g/mol. The van der Waals surface area contributed by atoms with E-state index in [0.717, 1.165) is 62.7 Å². The summed E-state index contributed by atoms with van der Waals surface area (Å²) >= 11 is 0. The fourth-order valence-corrected chi connectivity index (χ4v) is 3.79. The van der Waals surface area contributed by atoms with E-state index in [0.29, 0.717) is 13.1 Å². The Labute approximate surface area is 204 Å². The Hall–Kier alpha value is -1.84. The number of rotatable bonds is 11. The maximum atomic E-state index is 11.7. The number of pyridine rings is 1. The van der Waals surface area contributed by atoms with Crippen molar-refractivity contribution in [1.82, 2.24) is 15.2 Å². The lowest BCUT2D eigenvalue weighted by molar-refractivity contribution is -0.122. The number of anilines is 1. The van der Waals surface area contributed by atoms with Gasteiger partial charge in [0.2, 0.25) is 5.91 Å². The molecular weight excluding hydrogens is 503 g/mol. The van der Waals surface area contributed by atoms with Crippen LogP contribution in [-0.4, -0.2) is 55.0 Å². The fourth-order valence-electron chi connectivity index (χ4n) is 3.79. The fraction of sp³-hybridized carbons (Fsp3) is 0.609. The molecule has 1 unspecified atom stereocenters. The number of unbranched alkanes of at least 4 members (excludes halogenated alkanes) is 3. The van der Waals surface area contributed by atoms with E-state index in [9.17, 15) is 4.79 Å². The first kappa shape index (κ1) is 27.2. The number of aliphatic imine (C=N–C) groups is 1. The summed E-state index contributed by atoms with van der Waals surface area (Å²) in [5, 5.41) is 3.39. The second kappa shape index (κ2) is 15.0. The van der Waals surface area contributed by atoms with Gasteiger partial charge in [0.15, 0.2) is 5.96 Å². The highest BCUT2D eigenvalue weighted by atomic mass is 127. The van der Waals surface area contributed by atoms with Crippen LogP contribution in [0.5, 0.6) is 0 Å². The first-order valence-electron chi connectivity index (χ1n) is 11.1. The van der Waals surface area contributed by atoms with Gasteiger partial charge in [0, 0.05) is 45.0 Å². The molecule has 0 saturated carbocycles. The zero-order valence-electron chi connectivity index (χ0n) is 19.1. The first-order valence-corrected chi connectivity index (χ1v) is 11.1. The van der Waals surface area contributed by atoms with Crippen molar-refractivity contribution < 1.29 is 4.79 Å². The highest BCUT2D eigenvalue weighted by Crippen LogP contribution is 2.25. The van der Waals surface area contributed by atoms with Crippen LogP contribution >= 0.6 is 24.0 Å². The zero-order valence-corrected chi connectivity index (χ0v) is 21.4. The Balaban J connectivity index is 0.00000480. The highest BCUT2D eigenvalue weighted by Gasteiger charge is 2.25. The summed E-state index contributed by atoms with van der Waals surface area (Å²) in [7, 11) is 2.08. The quantitative estimate of drug-likeness (QED) is 0.147. The molecule has 1 aromatic rings. The third-order valence-electron chi connectivity index (χ3n) is 5.49. The third kappa shape index (κ3) is 9.04. The number of carbonyl (C=O) groups excluding carboxylic acids is 1. The van der Waals surface area contributed by atoms with E-state index in [1.807, 2.05) is 12.1 Å². The van der Waals surface area contributed by atoms with Gasteiger partial charge in [-0.05, 0) is 45.1 Å². The molecule has 0 spiro atoms. The van der Waals surface area contributed by atoms with E-state index in [2.05, 4.69) is 46.7 Å². The smallest absolute Gasteiger partial charge is 0.222 e. The molecule has 0 aliphatic carbocycles. The molecule has 0 radical (unpaired) electrons. The molecule has 1 fully saturated rings. The topological polar surface area (TPSA) is 86.8 Å². The Morgan fingerprint density at radius 2 is 2.26 bits per heavy atom. The maximum Gasteiger partial charge on any atom is 0.222 e. The lowest BCUT2D eigenvalue weighted by Gasteiger charge is -2.33. The Bertz CT molecular complexity index is 711. The molecule has 8 heteroatoms. The molecule has 7 nitrogen and oxygen atoms in total. The second-order valence-electron chi connectivity index (χ2n) is 7.90. The predicted octanol–water partition coefficient (Wildman–Crippen LogP) is 3.55. The van der Waals surface area contributed by atoms with Gasteiger partial charge in [-0.25, -0.2) is 9.98 Å². The van der Waals surface area contributed by atoms with Gasteiger partial charge in [-0.1, -0.05) is 18.6 Å². The molecule has 1 amide bonds. The molecule has 2 rings (SSSR count).